The zero-order valence-electron chi connectivity index (χ0n) is 12.8. The van der Waals surface area contributed by atoms with Gasteiger partial charge in [0.05, 0.1) is 26.7 Å². The Hall–Kier alpha value is -1.55. The molecule has 0 radical (unpaired) electrons. The van der Waals surface area contributed by atoms with Crippen LogP contribution in [-0.4, -0.2) is 24.1 Å². The van der Waals surface area contributed by atoms with Crippen molar-refractivity contribution < 1.29 is 9.59 Å². The van der Waals surface area contributed by atoms with Crippen molar-refractivity contribution in [3.8, 4) is 0 Å². The van der Waals surface area contributed by atoms with Crippen molar-refractivity contribution >= 4 is 47.0 Å². The summed E-state index contributed by atoms with van der Waals surface area (Å²) in [7, 11) is 1.72. The van der Waals surface area contributed by atoms with Crippen LogP contribution < -0.4 is 0 Å². The summed E-state index contributed by atoms with van der Waals surface area (Å²) in [5, 5.41) is 1.29. The van der Waals surface area contributed by atoms with Gasteiger partial charge in [-0.05, 0) is 29.3 Å². The van der Waals surface area contributed by atoms with Crippen molar-refractivity contribution in [3.63, 3.8) is 0 Å². The third-order valence-corrected chi connectivity index (χ3v) is 5.47. The molecular weight excluding hydrogens is 369 g/mol. The van der Waals surface area contributed by atoms with Gasteiger partial charge in [0.25, 0.3) is 5.91 Å². The molecule has 2 atom stereocenters. The normalized spacial score (nSPS) is 17.8. The highest BCUT2D eigenvalue weighted by Crippen LogP contribution is 2.46. The molecule has 1 amide bonds. The number of nitrogens with zero attached hydrogens (tertiary/aromatic N) is 1. The van der Waals surface area contributed by atoms with Crippen molar-refractivity contribution in [2.75, 3.05) is 7.05 Å². The van der Waals surface area contributed by atoms with Crippen LogP contribution in [0.1, 0.15) is 39.9 Å². The van der Waals surface area contributed by atoms with Crippen LogP contribution >= 0.6 is 34.8 Å². The Kier molecular flexibility index (Phi) is 4.86. The maximum absolute atomic E-state index is 12.6. The van der Waals surface area contributed by atoms with Crippen LogP contribution in [0, 0.1) is 0 Å². The van der Waals surface area contributed by atoms with Gasteiger partial charge >= 0.3 is 0 Å². The van der Waals surface area contributed by atoms with Gasteiger partial charge in [0.15, 0.2) is 0 Å². The lowest BCUT2D eigenvalue weighted by molar-refractivity contribution is -0.108. The molecule has 0 fully saturated rings. The average Bonchev–Trinajstić information content (AvgIpc) is 2.81. The zero-order valence-corrected chi connectivity index (χ0v) is 15.1. The summed E-state index contributed by atoms with van der Waals surface area (Å²) >= 11 is 18.3. The van der Waals surface area contributed by atoms with Crippen LogP contribution in [0.2, 0.25) is 15.1 Å². The number of rotatable bonds is 4. The van der Waals surface area contributed by atoms with E-state index >= 15 is 0 Å². The van der Waals surface area contributed by atoms with Crippen LogP contribution in [-0.2, 0) is 4.79 Å². The van der Waals surface area contributed by atoms with E-state index in [1.54, 1.807) is 30.1 Å². The molecule has 0 saturated carbocycles. The molecule has 1 aliphatic heterocycles. The summed E-state index contributed by atoms with van der Waals surface area (Å²) in [6, 6.07) is 10.4. The first kappa shape index (κ1) is 17.3. The van der Waals surface area contributed by atoms with Gasteiger partial charge in [-0.25, -0.2) is 0 Å². The Morgan fingerprint density at radius 2 is 1.88 bits per heavy atom. The molecule has 24 heavy (non-hydrogen) atoms. The Morgan fingerprint density at radius 3 is 2.54 bits per heavy atom. The smallest absolute Gasteiger partial charge is 0.256 e. The topological polar surface area (TPSA) is 37.4 Å². The molecule has 2 unspecified atom stereocenters. The molecular formula is C18H14Cl3NO2. The molecule has 1 aliphatic rings. The van der Waals surface area contributed by atoms with Crippen molar-refractivity contribution in [1.82, 2.24) is 4.90 Å². The lowest BCUT2D eigenvalue weighted by atomic mass is 9.85. The van der Waals surface area contributed by atoms with E-state index in [-0.39, 0.29) is 24.3 Å². The van der Waals surface area contributed by atoms with Crippen molar-refractivity contribution in [2.45, 2.75) is 18.4 Å². The summed E-state index contributed by atoms with van der Waals surface area (Å²) in [6.07, 6.45) is 1.11. The monoisotopic (exact) mass is 381 g/mol. The van der Waals surface area contributed by atoms with Gasteiger partial charge in [-0.3, -0.25) is 4.79 Å². The second-order valence-corrected chi connectivity index (χ2v) is 6.97. The Balaban J connectivity index is 2.13. The number of amides is 1. The van der Waals surface area contributed by atoms with Gasteiger partial charge in [0, 0.05) is 19.4 Å². The van der Waals surface area contributed by atoms with E-state index < -0.39 is 0 Å². The third kappa shape index (κ3) is 2.81. The van der Waals surface area contributed by atoms with Gasteiger partial charge in [-0.2, -0.15) is 0 Å². The molecule has 0 bridgehead atoms. The minimum atomic E-state index is -0.284. The minimum absolute atomic E-state index is 0.142. The van der Waals surface area contributed by atoms with E-state index in [1.165, 1.54) is 0 Å². The number of benzene rings is 2. The average molecular weight is 383 g/mol. The first-order chi connectivity index (χ1) is 11.5. The number of fused-ring (bicyclic) bond motifs is 1. The van der Waals surface area contributed by atoms with Gasteiger partial charge in [-0.15, -0.1) is 0 Å². The molecule has 1 heterocycles. The van der Waals surface area contributed by atoms with Crippen molar-refractivity contribution in [3.05, 3.63) is 68.2 Å². The minimum Gasteiger partial charge on any atom is -0.334 e. The van der Waals surface area contributed by atoms with Crippen LogP contribution in [0.3, 0.4) is 0 Å². The summed E-state index contributed by atoms with van der Waals surface area (Å²) in [4.78, 5) is 25.5. The number of halogens is 3. The maximum atomic E-state index is 12.6. The highest BCUT2D eigenvalue weighted by Gasteiger charge is 2.40. The van der Waals surface area contributed by atoms with Crippen molar-refractivity contribution in [1.29, 1.82) is 0 Å². The number of hydrogen-bond donors (Lipinski definition) is 0. The lowest BCUT2D eigenvalue weighted by Crippen LogP contribution is -2.28. The molecule has 0 aliphatic carbocycles. The largest absolute Gasteiger partial charge is 0.334 e. The number of carbonyl (C=O) groups is 2. The number of carbonyl (C=O) groups excluding carboxylic acids is 2. The van der Waals surface area contributed by atoms with Crippen LogP contribution in [0.25, 0.3) is 0 Å². The van der Waals surface area contributed by atoms with E-state index in [2.05, 4.69) is 0 Å². The number of hydrogen-bond acceptors (Lipinski definition) is 2. The van der Waals surface area contributed by atoms with E-state index in [0.717, 1.165) is 17.4 Å². The van der Waals surface area contributed by atoms with Crippen LogP contribution in [0.5, 0.6) is 0 Å². The molecule has 3 rings (SSSR count). The maximum Gasteiger partial charge on any atom is 0.256 e. The van der Waals surface area contributed by atoms with E-state index in [9.17, 15) is 9.59 Å². The quantitative estimate of drug-likeness (QED) is 0.686. The summed E-state index contributed by atoms with van der Waals surface area (Å²) in [5.41, 5.74) is 2.18. The first-order valence-corrected chi connectivity index (χ1v) is 8.53. The Bertz CT molecular complexity index is 822. The lowest BCUT2D eigenvalue weighted by Gasteiger charge is -2.29. The summed E-state index contributed by atoms with van der Waals surface area (Å²) in [5.74, 6) is -0.373. The second-order valence-electron chi connectivity index (χ2n) is 5.75. The molecule has 0 spiro atoms. The fourth-order valence-electron chi connectivity index (χ4n) is 3.30. The van der Waals surface area contributed by atoms with Crippen LogP contribution in [0.15, 0.2) is 36.4 Å². The van der Waals surface area contributed by atoms with E-state index in [1.807, 2.05) is 18.2 Å². The highest BCUT2D eigenvalue weighted by atomic mass is 35.5. The Morgan fingerprint density at radius 1 is 1.12 bits per heavy atom. The van der Waals surface area contributed by atoms with Gasteiger partial charge < -0.3 is 9.69 Å². The fourth-order valence-corrected chi connectivity index (χ4v) is 3.87. The van der Waals surface area contributed by atoms with Gasteiger partial charge in [0.1, 0.15) is 6.29 Å². The Labute approximate surface area is 155 Å². The predicted molar refractivity (Wildman–Crippen MR) is 96.2 cm³/mol. The zero-order chi connectivity index (χ0) is 17.4. The molecule has 6 heteroatoms. The third-order valence-electron chi connectivity index (χ3n) is 4.42. The van der Waals surface area contributed by atoms with Crippen LogP contribution in [0.4, 0.5) is 0 Å². The summed E-state index contributed by atoms with van der Waals surface area (Å²) in [6.45, 7) is 0. The van der Waals surface area contributed by atoms with Gasteiger partial charge in [-0.1, -0.05) is 53.0 Å². The molecule has 2 aromatic rings. The SMILES string of the molecule is CN1C(=O)c2c(Cl)cccc2C1C(CC=O)c1ccc(Cl)c(Cl)c1. The van der Waals surface area contributed by atoms with E-state index in [0.29, 0.717) is 20.6 Å². The molecule has 3 nitrogen and oxygen atoms in total. The molecule has 124 valence electrons. The molecule has 0 saturated heterocycles. The number of likely N-dealkylation sites (N-methyl/N-ethyl adjacent to an activating group) is 1. The van der Waals surface area contributed by atoms with Crippen molar-refractivity contribution in [2.24, 2.45) is 0 Å². The number of aldehydes is 1. The molecule has 2 aromatic carbocycles. The first-order valence-electron chi connectivity index (χ1n) is 7.40. The predicted octanol–water partition coefficient (Wildman–Crippen LogP) is 5.15. The van der Waals surface area contributed by atoms with Gasteiger partial charge in [0.2, 0.25) is 0 Å². The molecule has 0 N–H and O–H groups in total. The standard InChI is InChI=1S/C18H14Cl3NO2/c1-22-17(12-3-2-4-14(20)16(12)18(22)24)11(7-8-23)10-5-6-13(19)15(21)9-10/h2-6,8-9,11,17H,7H2,1H3. The highest BCUT2D eigenvalue weighted by molar-refractivity contribution is 6.42. The summed E-state index contributed by atoms with van der Waals surface area (Å²) < 4.78 is 0. The second kappa shape index (κ2) is 6.75. The van der Waals surface area contributed by atoms with E-state index in [4.69, 9.17) is 34.8 Å². The molecule has 0 aromatic heterocycles. The fraction of sp³-hybridized carbons (Fsp3) is 0.222.